The number of carboxylic acid groups (broad SMARTS) is 1. The molecule has 0 bridgehead atoms. The average molecular weight is 179 g/mol. The van der Waals surface area contributed by atoms with E-state index in [4.69, 9.17) is 14.6 Å². The minimum absolute atomic E-state index is 0.0716. The first-order valence-electron chi connectivity index (χ1n) is 3.49. The molecule has 0 unspecified atom stereocenters. The Morgan fingerprint density at radius 1 is 1.31 bits per heavy atom. The van der Waals surface area contributed by atoms with Crippen LogP contribution in [0.15, 0.2) is 24.8 Å². The molecular weight excluding hydrogens is 174 g/mol. The Kier molecular flexibility index (Phi) is 1.63. The summed E-state index contributed by atoms with van der Waals surface area (Å²) in [6, 6.07) is 1.31. The summed E-state index contributed by atoms with van der Waals surface area (Å²) in [4.78, 5) is 14.2. The standard InChI is InChI=1S/C8H5NO4/c10-8(11)5-3-6-7(4-9-5)13-2-1-12-6/h1-4H,(H,10,11). The predicted octanol–water partition coefficient (Wildman–Crippen LogP) is 1.02. The van der Waals surface area contributed by atoms with Gasteiger partial charge in [0.2, 0.25) is 0 Å². The van der Waals surface area contributed by atoms with E-state index in [2.05, 4.69) is 4.98 Å². The van der Waals surface area contributed by atoms with E-state index in [-0.39, 0.29) is 5.69 Å². The van der Waals surface area contributed by atoms with Gasteiger partial charge in [0, 0.05) is 6.07 Å². The summed E-state index contributed by atoms with van der Waals surface area (Å²) in [5.74, 6) is -0.330. The maximum Gasteiger partial charge on any atom is 0.354 e. The first kappa shape index (κ1) is 7.60. The fourth-order valence-electron chi connectivity index (χ4n) is 0.924. The highest BCUT2D eigenvalue weighted by atomic mass is 16.5. The third-order valence-electron chi connectivity index (χ3n) is 1.50. The number of hydrogen-bond donors (Lipinski definition) is 1. The van der Waals surface area contributed by atoms with Crippen LogP contribution in [0, 0.1) is 0 Å². The van der Waals surface area contributed by atoms with Crippen molar-refractivity contribution in [2.45, 2.75) is 0 Å². The quantitative estimate of drug-likeness (QED) is 0.697. The van der Waals surface area contributed by atoms with E-state index in [1.54, 1.807) is 0 Å². The second kappa shape index (κ2) is 2.78. The van der Waals surface area contributed by atoms with E-state index in [1.165, 1.54) is 24.8 Å². The van der Waals surface area contributed by atoms with Crippen molar-refractivity contribution in [1.29, 1.82) is 0 Å². The zero-order valence-electron chi connectivity index (χ0n) is 6.43. The smallest absolute Gasteiger partial charge is 0.354 e. The van der Waals surface area contributed by atoms with Gasteiger partial charge >= 0.3 is 5.97 Å². The van der Waals surface area contributed by atoms with E-state index in [9.17, 15) is 4.79 Å². The van der Waals surface area contributed by atoms with Crippen LogP contribution in [0.2, 0.25) is 0 Å². The molecule has 1 aromatic heterocycles. The molecule has 66 valence electrons. The first-order chi connectivity index (χ1) is 6.27. The van der Waals surface area contributed by atoms with Crippen LogP contribution in [0.1, 0.15) is 10.5 Å². The van der Waals surface area contributed by atoms with Crippen molar-refractivity contribution >= 4 is 5.97 Å². The Morgan fingerprint density at radius 2 is 2.00 bits per heavy atom. The van der Waals surface area contributed by atoms with Gasteiger partial charge in [0.25, 0.3) is 0 Å². The van der Waals surface area contributed by atoms with Gasteiger partial charge in [0.05, 0.1) is 6.20 Å². The number of hydrogen-bond acceptors (Lipinski definition) is 4. The molecule has 0 spiro atoms. The lowest BCUT2D eigenvalue weighted by atomic mass is 10.3. The molecule has 2 heterocycles. The molecule has 1 N–H and O–H groups in total. The van der Waals surface area contributed by atoms with Gasteiger partial charge in [-0.15, -0.1) is 0 Å². The molecule has 1 aliphatic rings. The molecule has 0 radical (unpaired) electrons. The fraction of sp³-hybridized carbons (Fsp3) is 0. The predicted molar refractivity (Wildman–Crippen MR) is 41.6 cm³/mol. The number of aromatic carboxylic acids is 1. The number of pyridine rings is 1. The van der Waals surface area contributed by atoms with Crippen molar-refractivity contribution in [2.75, 3.05) is 0 Å². The van der Waals surface area contributed by atoms with E-state index in [1.807, 2.05) is 0 Å². The second-order valence-electron chi connectivity index (χ2n) is 2.33. The number of aromatic nitrogens is 1. The molecule has 0 aliphatic carbocycles. The monoisotopic (exact) mass is 179 g/mol. The van der Waals surface area contributed by atoms with Gasteiger partial charge in [-0.1, -0.05) is 0 Å². The number of fused-ring (bicyclic) bond motifs is 1. The number of rotatable bonds is 1. The molecule has 0 saturated carbocycles. The van der Waals surface area contributed by atoms with Crippen LogP contribution in [0.25, 0.3) is 0 Å². The van der Waals surface area contributed by atoms with Crippen molar-refractivity contribution < 1.29 is 19.4 Å². The molecular formula is C8H5NO4. The molecule has 1 aromatic rings. The van der Waals surface area contributed by atoms with E-state index >= 15 is 0 Å². The van der Waals surface area contributed by atoms with E-state index in [0.717, 1.165) is 0 Å². The van der Waals surface area contributed by atoms with Gasteiger partial charge in [-0.3, -0.25) is 0 Å². The second-order valence-corrected chi connectivity index (χ2v) is 2.33. The SMILES string of the molecule is O=C(O)c1cc2c(cn1)OC=CO2. The third kappa shape index (κ3) is 1.31. The van der Waals surface area contributed by atoms with Crippen LogP contribution in [-0.4, -0.2) is 16.1 Å². The van der Waals surface area contributed by atoms with Gasteiger partial charge in [0.1, 0.15) is 12.5 Å². The largest absolute Gasteiger partial charge is 0.477 e. The zero-order chi connectivity index (χ0) is 9.26. The van der Waals surface area contributed by atoms with Crippen LogP contribution < -0.4 is 9.47 Å². The fourth-order valence-corrected chi connectivity index (χ4v) is 0.924. The number of carboxylic acids is 1. The van der Waals surface area contributed by atoms with Crippen LogP contribution in [0.5, 0.6) is 11.5 Å². The van der Waals surface area contributed by atoms with Crippen LogP contribution in [0.3, 0.4) is 0 Å². The summed E-state index contributed by atoms with van der Waals surface area (Å²) < 4.78 is 10.0. The molecule has 5 heteroatoms. The van der Waals surface area contributed by atoms with Crippen molar-refractivity contribution in [3.63, 3.8) is 0 Å². The van der Waals surface area contributed by atoms with Gasteiger partial charge in [-0.25, -0.2) is 9.78 Å². The Bertz CT molecular complexity index is 386. The Hall–Kier alpha value is -2.04. The lowest BCUT2D eigenvalue weighted by Crippen LogP contribution is -2.03. The van der Waals surface area contributed by atoms with Crippen LogP contribution >= 0.6 is 0 Å². The molecule has 0 amide bonds. The highest BCUT2D eigenvalue weighted by Crippen LogP contribution is 2.29. The van der Waals surface area contributed by atoms with E-state index in [0.29, 0.717) is 11.5 Å². The van der Waals surface area contributed by atoms with Gasteiger partial charge in [0.15, 0.2) is 17.2 Å². The number of ether oxygens (including phenoxy) is 2. The Morgan fingerprint density at radius 3 is 2.69 bits per heavy atom. The highest BCUT2D eigenvalue weighted by molar-refractivity contribution is 5.86. The molecule has 0 saturated heterocycles. The molecule has 13 heavy (non-hydrogen) atoms. The lowest BCUT2D eigenvalue weighted by molar-refractivity contribution is 0.0690. The van der Waals surface area contributed by atoms with Crippen LogP contribution in [0.4, 0.5) is 0 Å². The zero-order valence-corrected chi connectivity index (χ0v) is 6.43. The maximum atomic E-state index is 10.5. The summed E-state index contributed by atoms with van der Waals surface area (Å²) in [5.41, 5.74) is -0.0716. The minimum atomic E-state index is -1.10. The molecule has 2 rings (SSSR count). The van der Waals surface area contributed by atoms with Gasteiger partial charge < -0.3 is 14.6 Å². The summed E-state index contributed by atoms with van der Waals surface area (Å²) in [5, 5.41) is 8.61. The lowest BCUT2D eigenvalue weighted by Gasteiger charge is -2.11. The van der Waals surface area contributed by atoms with Gasteiger partial charge in [-0.05, 0) is 0 Å². The maximum absolute atomic E-state index is 10.5. The van der Waals surface area contributed by atoms with E-state index < -0.39 is 5.97 Å². The van der Waals surface area contributed by atoms with Crippen molar-refractivity contribution in [2.24, 2.45) is 0 Å². The minimum Gasteiger partial charge on any atom is -0.477 e. The summed E-state index contributed by atoms with van der Waals surface area (Å²) in [6.45, 7) is 0. The van der Waals surface area contributed by atoms with Crippen molar-refractivity contribution in [3.05, 3.63) is 30.5 Å². The van der Waals surface area contributed by atoms with Crippen molar-refractivity contribution in [3.8, 4) is 11.5 Å². The summed E-state index contributed by atoms with van der Waals surface area (Å²) in [7, 11) is 0. The number of carbonyl (C=O) groups is 1. The third-order valence-corrected chi connectivity index (χ3v) is 1.50. The Balaban J connectivity index is 2.44. The highest BCUT2D eigenvalue weighted by Gasteiger charge is 2.13. The molecule has 1 aliphatic heterocycles. The number of nitrogens with zero attached hydrogens (tertiary/aromatic N) is 1. The first-order valence-corrected chi connectivity index (χ1v) is 3.49. The molecule has 0 atom stereocenters. The molecule has 5 nitrogen and oxygen atoms in total. The summed E-state index contributed by atoms with van der Waals surface area (Å²) >= 11 is 0. The van der Waals surface area contributed by atoms with Crippen LogP contribution in [-0.2, 0) is 0 Å². The average Bonchev–Trinajstić information content (AvgIpc) is 2.17. The normalized spacial score (nSPS) is 12.6. The topological polar surface area (TPSA) is 68.7 Å². The molecule has 0 aromatic carbocycles. The summed E-state index contributed by atoms with van der Waals surface area (Å²) in [6.07, 6.45) is 3.99. The van der Waals surface area contributed by atoms with Gasteiger partial charge in [-0.2, -0.15) is 0 Å². The van der Waals surface area contributed by atoms with Crippen molar-refractivity contribution in [1.82, 2.24) is 4.98 Å². The Labute approximate surface area is 73.2 Å². The molecule has 0 fully saturated rings.